The predicted octanol–water partition coefficient (Wildman–Crippen LogP) is 5.45. The van der Waals surface area contributed by atoms with Crippen LogP contribution >= 0.6 is 0 Å². The van der Waals surface area contributed by atoms with E-state index in [4.69, 9.17) is 9.47 Å². The van der Waals surface area contributed by atoms with Gasteiger partial charge >= 0.3 is 0 Å². The van der Waals surface area contributed by atoms with Crippen molar-refractivity contribution in [2.24, 2.45) is 11.8 Å². The van der Waals surface area contributed by atoms with Gasteiger partial charge in [0, 0.05) is 18.0 Å². The van der Waals surface area contributed by atoms with Crippen molar-refractivity contribution in [2.45, 2.75) is 53.0 Å². The van der Waals surface area contributed by atoms with Gasteiger partial charge in [-0.05, 0) is 88.7 Å². The second-order valence-corrected chi connectivity index (χ2v) is 9.03. The zero-order valence-corrected chi connectivity index (χ0v) is 19.2. The Morgan fingerprint density at radius 1 is 0.968 bits per heavy atom. The molecule has 1 fully saturated rings. The average molecular weight is 422 g/mol. The largest absolute Gasteiger partial charge is 0.490 e. The van der Waals surface area contributed by atoms with Crippen LogP contribution in [-0.4, -0.2) is 37.0 Å². The fourth-order valence-corrected chi connectivity index (χ4v) is 5.04. The first-order valence-corrected chi connectivity index (χ1v) is 11.8. The zero-order chi connectivity index (χ0) is 21.8. The normalized spacial score (nSPS) is 19.5. The Labute approximate surface area is 186 Å². The average Bonchev–Trinajstić information content (AvgIpc) is 3.06. The van der Waals surface area contributed by atoms with Crippen molar-refractivity contribution < 1.29 is 14.3 Å². The molecule has 1 aliphatic carbocycles. The van der Waals surface area contributed by atoms with Gasteiger partial charge in [0.2, 0.25) is 0 Å². The van der Waals surface area contributed by atoms with E-state index in [2.05, 4.69) is 36.1 Å². The van der Waals surface area contributed by atoms with Gasteiger partial charge in [-0.1, -0.05) is 29.8 Å². The van der Waals surface area contributed by atoms with Gasteiger partial charge in [-0.15, -0.1) is 0 Å². The number of hydrogen-bond acceptors (Lipinski definition) is 4. The van der Waals surface area contributed by atoms with Crippen molar-refractivity contribution in [2.75, 3.05) is 26.3 Å². The molecule has 1 aliphatic heterocycles. The lowest BCUT2D eigenvalue weighted by atomic mass is 9.85. The lowest BCUT2D eigenvalue weighted by molar-refractivity contribution is 0.0895. The maximum atomic E-state index is 13.1. The van der Waals surface area contributed by atoms with Crippen molar-refractivity contribution in [3.8, 4) is 11.5 Å². The van der Waals surface area contributed by atoms with Crippen LogP contribution in [0.4, 0.5) is 0 Å². The van der Waals surface area contributed by atoms with Crippen molar-refractivity contribution in [1.29, 1.82) is 0 Å². The van der Waals surface area contributed by atoms with Crippen LogP contribution in [-0.2, 0) is 13.0 Å². The summed E-state index contributed by atoms with van der Waals surface area (Å²) in [5.74, 6) is 2.49. The Kier molecular flexibility index (Phi) is 6.96. The van der Waals surface area contributed by atoms with Crippen LogP contribution in [0.1, 0.15) is 60.2 Å². The van der Waals surface area contributed by atoms with Gasteiger partial charge in [-0.2, -0.15) is 0 Å². The van der Waals surface area contributed by atoms with Gasteiger partial charge in [0.05, 0.1) is 13.2 Å². The molecule has 166 valence electrons. The first-order valence-electron chi connectivity index (χ1n) is 11.8. The fraction of sp³-hybridized carbons (Fsp3) is 0.519. The lowest BCUT2D eigenvalue weighted by Crippen LogP contribution is -2.34. The summed E-state index contributed by atoms with van der Waals surface area (Å²) in [6, 6.07) is 12.8. The number of ether oxygens (including phenoxy) is 2. The molecular weight excluding hydrogens is 386 g/mol. The van der Waals surface area contributed by atoms with Crippen molar-refractivity contribution in [1.82, 2.24) is 4.90 Å². The minimum Gasteiger partial charge on any atom is -0.490 e. The molecule has 0 N–H and O–H groups in total. The molecule has 1 unspecified atom stereocenters. The van der Waals surface area contributed by atoms with E-state index < -0.39 is 0 Å². The molecule has 1 atom stereocenters. The minimum atomic E-state index is 0.106. The van der Waals surface area contributed by atoms with Gasteiger partial charge in [0.1, 0.15) is 0 Å². The highest BCUT2D eigenvalue weighted by Gasteiger charge is 2.34. The first kappa shape index (κ1) is 21.9. The number of rotatable bonds is 8. The van der Waals surface area contributed by atoms with Crippen LogP contribution in [0.3, 0.4) is 0 Å². The van der Waals surface area contributed by atoms with E-state index in [-0.39, 0.29) is 5.92 Å². The van der Waals surface area contributed by atoms with Gasteiger partial charge in [-0.3, -0.25) is 9.69 Å². The number of fused-ring (bicyclic) bond motifs is 1. The molecule has 0 saturated carbocycles. The highest BCUT2D eigenvalue weighted by molar-refractivity contribution is 6.02. The molecule has 0 amide bonds. The predicted molar refractivity (Wildman–Crippen MR) is 124 cm³/mol. The second kappa shape index (κ2) is 9.86. The summed E-state index contributed by atoms with van der Waals surface area (Å²) in [7, 11) is 0. The van der Waals surface area contributed by atoms with Crippen molar-refractivity contribution >= 4 is 5.78 Å². The second-order valence-electron chi connectivity index (χ2n) is 9.03. The van der Waals surface area contributed by atoms with Gasteiger partial charge in [0.25, 0.3) is 0 Å². The van der Waals surface area contributed by atoms with Crippen LogP contribution in [0.5, 0.6) is 11.5 Å². The highest BCUT2D eigenvalue weighted by Crippen LogP contribution is 2.40. The molecule has 0 bridgehead atoms. The number of carbonyl (C=O) groups excluding carboxylic acids is 1. The number of likely N-dealkylation sites (tertiary alicyclic amines) is 1. The molecule has 2 aromatic rings. The summed E-state index contributed by atoms with van der Waals surface area (Å²) >= 11 is 0. The third-order valence-electron chi connectivity index (χ3n) is 6.72. The molecule has 4 heteroatoms. The molecule has 0 spiro atoms. The minimum absolute atomic E-state index is 0.106. The van der Waals surface area contributed by atoms with Crippen molar-refractivity contribution in [3.63, 3.8) is 0 Å². The summed E-state index contributed by atoms with van der Waals surface area (Å²) in [6.07, 6.45) is 4.20. The van der Waals surface area contributed by atoms with E-state index in [0.29, 0.717) is 30.7 Å². The number of piperidine rings is 1. The first-order chi connectivity index (χ1) is 15.1. The van der Waals surface area contributed by atoms with E-state index in [0.717, 1.165) is 49.4 Å². The van der Waals surface area contributed by atoms with Crippen LogP contribution in [0, 0.1) is 18.8 Å². The van der Waals surface area contributed by atoms with E-state index in [1.54, 1.807) is 0 Å². The Morgan fingerprint density at radius 3 is 2.26 bits per heavy atom. The maximum Gasteiger partial charge on any atom is 0.166 e. The molecule has 31 heavy (non-hydrogen) atoms. The highest BCUT2D eigenvalue weighted by atomic mass is 16.5. The molecule has 2 aliphatic rings. The molecule has 0 radical (unpaired) electrons. The molecule has 4 rings (SSSR count). The number of hydrogen-bond donors (Lipinski definition) is 0. The summed E-state index contributed by atoms with van der Waals surface area (Å²) in [6.45, 7) is 10.5. The molecule has 1 heterocycles. The summed E-state index contributed by atoms with van der Waals surface area (Å²) in [5.41, 5.74) is 4.67. The maximum absolute atomic E-state index is 13.1. The third kappa shape index (κ3) is 5.12. The van der Waals surface area contributed by atoms with Crippen LogP contribution in [0.2, 0.25) is 0 Å². The van der Waals surface area contributed by atoms with Gasteiger partial charge in [0.15, 0.2) is 17.3 Å². The lowest BCUT2D eigenvalue weighted by Gasteiger charge is -2.33. The molecule has 0 aromatic heterocycles. The zero-order valence-electron chi connectivity index (χ0n) is 19.2. The monoisotopic (exact) mass is 421 g/mol. The number of aryl methyl sites for hydroxylation is 1. The van der Waals surface area contributed by atoms with E-state index >= 15 is 0 Å². The fourth-order valence-electron chi connectivity index (χ4n) is 5.04. The smallest absolute Gasteiger partial charge is 0.166 e. The van der Waals surface area contributed by atoms with Gasteiger partial charge in [-0.25, -0.2) is 0 Å². The Morgan fingerprint density at radius 2 is 1.61 bits per heavy atom. The third-order valence-corrected chi connectivity index (χ3v) is 6.72. The number of nitrogens with zero attached hydrogens (tertiary/aromatic N) is 1. The Hall–Kier alpha value is -2.33. The Bertz CT molecular complexity index is 897. The molecule has 2 aromatic carbocycles. The number of ketones is 1. The summed E-state index contributed by atoms with van der Waals surface area (Å²) in [5, 5.41) is 0. The molecule has 4 nitrogen and oxygen atoms in total. The molecule has 1 saturated heterocycles. The van der Waals surface area contributed by atoms with E-state index in [1.807, 2.05) is 26.0 Å². The van der Waals surface area contributed by atoms with Gasteiger partial charge < -0.3 is 9.47 Å². The van der Waals surface area contributed by atoms with E-state index in [1.165, 1.54) is 24.0 Å². The van der Waals surface area contributed by atoms with E-state index in [9.17, 15) is 4.79 Å². The Balaban J connectivity index is 1.33. The number of benzene rings is 2. The summed E-state index contributed by atoms with van der Waals surface area (Å²) < 4.78 is 11.5. The van der Waals surface area contributed by atoms with Crippen molar-refractivity contribution in [3.05, 3.63) is 58.7 Å². The summed E-state index contributed by atoms with van der Waals surface area (Å²) in [4.78, 5) is 15.7. The molecular formula is C27H35NO3. The van der Waals surface area contributed by atoms with Crippen LogP contribution in [0.15, 0.2) is 36.4 Å². The quantitative estimate of drug-likeness (QED) is 0.568. The van der Waals surface area contributed by atoms with Crippen LogP contribution < -0.4 is 9.47 Å². The standard InChI is InChI=1S/C27H35NO3/c1-4-30-25-16-22-15-23(27(29)24(22)17-26(25)31-5-2)14-20-10-12-28(13-11-20)18-21-8-6-19(3)7-9-21/h6-9,16-17,20,23H,4-5,10-15,18H2,1-3H3. The number of carbonyl (C=O) groups is 1. The topological polar surface area (TPSA) is 38.8 Å². The number of Topliss-reactive ketones (excluding diaryl/α,β-unsaturated/α-hetero) is 1. The SMILES string of the molecule is CCOc1cc2c(cc1OCC)C(=O)C(CC1CCN(Cc3ccc(C)cc3)CC1)C2. The van der Waals surface area contributed by atoms with Crippen LogP contribution in [0.25, 0.3) is 0 Å².